The Hall–Kier alpha value is -2.62. The molecule has 2 aromatic carbocycles. The molecule has 0 radical (unpaired) electrons. The number of anilines is 2. The second-order valence-electron chi connectivity index (χ2n) is 5.40. The molecule has 0 aliphatic heterocycles. The summed E-state index contributed by atoms with van der Waals surface area (Å²) >= 11 is 0. The monoisotopic (exact) mass is 296 g/mol. The molecule has 0 bridgehead atoms. The van der Waals surface area contributed by atoms with Gasteiger partial charge in [0.25, 0.3) is 0 Å². The predicted octanol–water partition coefficient (Wildman–Crippen LogP) is 3.41. The molecule has 0 aliphatic rings. The average Bonchev–Trinajstić information content (AvgIpc) is 2.54. The molecule has 0 atom stereocenters. The van der Waals surface area contributed by atoms with Crippen molar-refractivity contribution in [3.05, 3.63) is 60.2 Å². The lowest BCUT2D eigenvalue weighted by Gasteiger charge is -2.18. The van der Waals surface area contributed by atoms with E-state index >= 15 is 0 Å². The van der Waals surface area contributed by atoms with E-state index in [9.17, 15) is 9.59 Å². The molecule has 2 aromatic rings. The number of carbonyl (C=O) groups excluding carboxylic acids is 2. The Morgan fingerprint density at radius 3 is 2.18 bits per heavy atom. The minimum atomic E-state index is -0.639. The second-order valence-corrected chi connectivity index (χ2v) is 5.40. The molecule has 4 heteroatoms. The van der Waals surface area contributed by atoms with Gasteiger partial charge in [-0.25, -0.2) is 0 Å². The first kappa shape index (κ1) is 15.8. The minimum absolute atomic E-state index is 0.262. The second kappa shape index (κ2) is 6.89. The number of likely N-dealkylation sites (N-methyl/N-ethyl adjacent to an activating group) is 1. The average molecular weight is 296 g/mol. The molecule has 0 unspecified atom stereocenters. The Balaban J connectivity index is 2.14. The number of nitrogens with zero attached hydrogens (tertiary/aromatic N) is 1. The third-order valence-corrected chi connectivity index (χ3v) is 3.47. The number of hydrogen-bond acceptors (Lipinski definition) is 2. The fourth-order valence-electron chi connectivity index (χ4n) is 2.21. The van der Waals surface area contributed by atoms with E-state index in [0.29, 0.717) is 11.4 Å². The largest absolute Gasteiger partial charge is 0.318 e. The summed E-state index contributed by atoms with van der Waals surface area (Å²) in [6, 6.07) is 16.6. The molecule has 0 saturated carbocycles. The number of hydrogen-bond donors (Lipinski definition) is 1. The van der Waals surface area contributed by atoms with Crippen LogP contribution in [-0.4, -0.2) is 18.9 Å². The Labute approximate surface area is 130 Å². The number of rotatable bonds is 3. The lowest BCUT2D eigenvalue weighted by molar-refractivity contribution is -0.134. The minimum Gasteiger partial charge on any atom is -0.318 e. The molecular weight excluding hydrogens is 276 g/mol. The fraction of sp³-hybridized carbons (Fsp3) is 0.222. The normalized spacial score (nSPS) is 10.4. The highest BCUT2D eigenvalue weighted by atomic mass is 16.2. The highest BCUT2D eigenvalue weighted by molar-refractivity contribution is 6.44. The van der Waals surface area contributed by atoms with Crippen molar-refractivity contribution < 1.29 is 9.59 Å². The van der Waals surface area contributed by atoms with Crippen LogP contribution in [0, 0.1) is 0 Å². The fourth-order valence-corrected chi connectivity index (χ4v) is 2.21. The standard InChI is InChI=1S/C18H20N2O2/c1-13(2)15-11-7-8-12-16(15)19-17(21)18(22)20(3)14-9-5-4-6-10-14/h4-13H,1-3H3,(H,19,21). The van der Waals surface area contributed by atoms with Crippen molar-refractivity contribution in [3.8, 4) is 0 Å². The van der Waals surface area contributed by atoms with Gasteiger partial charge in [-0.1, -0.05) is 50.2 Å². The van der Waals surface area contributed by atoms with Crippen molar-refractivity contribution in [1.29, 1.82) is 0 Å². The summed E-state index contributed by atoms with van der Waals surface area (Å²) in [4.78, 5) is 25.8. The van der Waals surface area contributed by atoms with Crippen LogP contribution >= 0.6 is 0 Å². The van der Waals surface area contributed by atoms with Crippen LogP contribution in [0.3, 0.4) is 0 Å². The summed E-state index contributed by atoms with van der Waals surface area (Å²) in [5, 5.41) is 2.71. The molecule has 0 heterocycles. The van der Waals surface area contributed by atoms with Crippen molar-refractivity contribution in [3.63, 3.8) is 0 Å². The van der Waals surface area contributed by atoms with Crippen molar-refractivity contribution in [1.82, 2.24) is 0 Å². The van der Waals surface area contributed by atoms with Gasteiger partial charge in [0.05, 0.1) is 0 Å². The third kappa shape index (κ3) is 3.52. The first-order valence-electron chi connectivity index (χ1n) is 7.23. The molecule has 0 aromatic heterocycles. The molecule has 0 aliphatic carbocycles. The van der Waals surface area contributed by atoms with E-state index in [1.54, 1.807) is 19.2 Å². The zero-order chi connectivity index (χ0) is 16.1. The van der Waals surface area contributed by atoms with Crippen LogP contribution in [0.4, 0.5) is 11.4 Å². The first-order valence-corrected chi connectivity index (χ1v) is 7.23. The Bertz CT molecular complexity index is 666. The zero-order valence-electron chi connectivity index (χ0n) is 13.0. The topological polar surface area (TPSA) is 49.4 Å². The third-order valence-electron chi connectivity index (χ3n) is 3.47. The van der Waals surface area contributed by atoms with Crippen LogP contribution < -0.4 is 10.2 Å². The van der Waals surface area contributed by atoms with Gasteiger partial charge < -0.3 is 10.2 Å². The molecule has 2 amide bonds. The maximum absolute atomic E-state index is 12.2. The van der Waals surface area contributed by atoms with Crippen LogP contribution in [0.1, 0.15) is 25.3 Å². The summed E-state index contributed by atoms with van der Waals surface area (Å²) in [7, 11) is 1.59. The van der Waals surface area contributed by atoms with Crippen LogP contribution in [0.25, 0.3) is 0 Å². The summed E-state index contributed by atoms with van der Waals surface area (Å²) in [5.74, 6) is -0.970. The summed E-state index contributed by atoms with van der Waals surface area (Å²) in [6.07, 6.45) is 0. The van der Waals surface area contributed by atoms with E-state index in [1.165, 1.54) is 4.90 Å². The van der Waals surface area contributed by atoms with Crippen molar-refractivity contribution in [2.45, 2.75) is 19.8 Å². The molecule has 0 fully saturated rings. The zero-order valence-corrected chi connectivity index (χ0v) is 13.0. The summed E-state index contributed by atoms with van der Waals surface area (Å²) < 4.78 is 0. The van der Waals surface area contributed by atoms with Gasteiger partial charge in [-0.3, -0.25) is 9.59 Å². The molecule has 0 saturated heterocycles. The van der Waals surface area contributed by atoms with Crippen LogP contribution in [0.5, 0.6) is 0 Å². The van der Waals surface area contributed by atoms with Crippen molar-refractivity contribution in [2.75, 3.05) is 17.3 Å². The Morgan fingerprint density at radius 1 is 0.955 bits per heavy atom. The SMILES string of the molecule is CC(C)c1ccccc1NC(=O)C(=O)N(C)c1ccccc1. The van der Waals surface area contributed by atoms with E-state index in [1.807, 2.05) is 56.3 Å². The van der Waals surface area contributed by atoms with E-state index in [0.717, 1.165) is 5.56 Å². The molecule has 2 rings (SSSR count). The van der Waals surface area contributed by atoms with Gasteiger partial charge in [-0.2, -0.15) is 0 Å². The summed E-state index contributed by atoms with van der Waals surface area (Å²) in [5.41, 5.74) is 2.36. The quantitative estimate of drug-likeness (QED) is 0.882. The van der Waals surface area contributed by atoms with E-state index < -0.39 is 11.8 Å². The van der Waals surface area contributed by atoms with Gasteiger partial charge in [-0.05, 0) is 29.7 Å². The molecule has 22 heavy (non-hydrogen) atoms. The van der Waals surface area contributed by atoms with Crippen LogP contribution in [0.15, 0.2) is 54.6 Å². The molecular formula is C18H20N2O2. The van der Waals surface area contributed by atoms with Crippen LogP contribution in [0.2, 0.25) is 0 Å². The molecule has 114 valence electrons. The van der Waals surface area contributed by atoms with E-state index in [-0.39, 0.29) is 5.92 Å². The van der Waals surface area contributed by atoms with Gasteiger partial charge in [0, 0.05) is 18.4 Å². The Kier molecular flexibility index (Phi) is 4.94. The first-order chi connectivity index (χ1) is 10.5. The van der Waals surface area contributed by atoms with Gasteiger partial charge >= 0.3 is 11.8 Å². The summed E-state index contributed by atoms with van der Waals surface area (Å²) in [6.45, 7) is 4.09. The van der Waals surface area contributed by atoms with E-state index in [2.05, 4.69) is 5.32 Å². The molecule has 4 nitrogen and oxygen atoms in total. The van der Waals surface area contributed by atoms with Gasteiger partial charge in [0.2, 0.25) is 0 Å². The molecule has 1 N–H and O–H groups in total. The van der Waals surface area contributed by atoms with Crippen LogP contribution in [-0.2, 0) is 9.59 Å². The smallest absolute Gasteiger partial charge is 0.316 e. The highest BCUT2D eigenvalue weighted by Crippen LogP contribution is 2.23. The number of para-hydroxylation sites is 2. The van der Waals surface area contributed by atoms with Gasteiger partial charge in [0.15, 0.2) is 0 Å². The maximum Gasteiger partial charge on any atom is 0.316 e. The van der Waals surface area contributed by atoms with Crippen molar-refractivity contribution in [2.24, 2.45) is 0 Å². The lowest BCUT2D eigenvalue weighted by Crippen LogP contribution is -2.37. The number of benzene rings is 2. The molecule has 0 spiro atoms. The van der Waals surface area contributed by atoms with Crippen molar-refractivity contribution >= 4 is 23.2 Å². The number of nitrogens with one attached hydrogen (secondary N) is 1. The maximum atomic E-state index is 12.2. The number of amides is 2. The van der Waals surface area contributed by atoms with E-state index in [4.69, 9.17) is 0 Å². The van der Waals surface area contributed by atoms with Gasteiger partial charge in [0.1, 0.15) is 0 Å². The van der Waals surface area contributed by atoms with Gasteiger partial charge in [-0.15, -0.1) is 0 Å². The Morgan fingerprint density at radius 2 is 1.55 bits per heavy atom. The lowest BCUT2D eigenvalue weighted by atomic mass is 10.0. The highest BCUT2D eigenvalue weighted by Gasteiger charge is 2.21. The predicted molar refractivity (Wildman–Crippen MR) is 89.0 cm³/mol. The number of carbonyl (C=O) groups is 2.